The van der Waals surface area contributed by atoms with E-state index in [-0.39, 0.29) is 0 Å². The number of benzene rings is 1. The molecule has 1 aromatic carbocycles. The van der Waals surface area contributed by atoms with Crippen LogP contribution < -0.4 is 0 Å². The van der Waals surface area contributed by atoms with Gasteiger partial charge in [0.25, 0.3) is 0 Å². The Labute approximate surface area is 90.7 Å². The Hall–Kier alpha value is -1.35. The van der Waals surface area contributed by atoms with Crippen LogP contribution in [0.4, 0.5) is 0 Å². The smallest absolute Gasteiger partial charge is 0.114 e. The predicted molar refractivity (Wildman–Crippen MR) is 61.2 cm³/mol. The lowest BCUT2D eigenvalue weighted by Crippen LogP contribution is -2.09. The fourth-order valence-electron chi connectivity index (χ4n) is 1.19. The average molecular weight is 207 g/mol. The van der Waals surface area contributed by atoms with Crippen LogP contribution in [0.15, 0.2) is 29.4 Å². The zero-order valence-corrected chi connectivity index (χ0v) is 9.49. The van der Waals surface area contributed by atoms with Crippen molar-refractivity contribution in [2.45, 2.75) is 13.8 Å². The summed E-state index contributed by atoms with van der Waals surface area (Å²) in [5.41, 5.74) is 3.09. The van der Waals surface area contributed by atoms with E-state index in [4.69, 9.17) is 9.57 Å². The van der Waals surface area contributed by atoms with Gasteiger partial charge in [0.2, 0.25) is 0 Å². The molecule has 15 heavy (non-hydrogen) atoms. The second-order valence-electron chi connectivity index (χ2n) is 3.25. The van der Waals surface area contributed by atoms with Gasteiger partial charge in [0.05, 0.1) is 6.61 Å². The lowest BCUT2D eigenvalue weighted by atomic mass is 10.1. The van der Waals surface area contributed by atoms with E-state index < -0.39 is 0 Å². The van der Waals surface area contributed by atoms with Crippen molar-refractivity contribution in [3.63, 3.8) is 0 Å². The summed E-state index contributed by atoms with van der Waals surface area (Å²) in [6, 6.07) is 8.14. The maximum Gasteiger partial charge on any atom is 0.114 e. The molecule has 0 saturated carbocycles. The minimum Gasteiger partial charge on any atom is -0.396 e. The Bertz CT molecular complexity index is 317. The Balaban J connectivity index is 2.83. The summed E-state index contributed by atoms with van der Waals surface area (Å²) in [5, 5.41) is 4.02. The van der Waals surface area contributed by atoms with Crippen LogP contribution in [-0.2, 0) is 9.57 Å². The number of methoxy groups -OCH3 is 1. The van der Waals surface area contributed by atoms with Gasteiger partial charge >= 0.3 is 0 Å². The molecule has 0 radical (unpaired) electrons. The van der Waals surface area contributed by atoms with E-state index in [1.54, 1.807) is 7.11 Å². The molecule has 0 aliphatic carbocycles. The SMILES string of the molecule is CCO/N=C(\COC)c1ccc(C)cc1. The van der Waals surface area contributed by atoms with Gasteiger partial charge in [-0.1, -0.05) is 35.0 Å². The Morgan fingerprint density at radius 2 is 1.93 bits per heavy atom. The number of oxime groups is 1. The van der Waals surface area contributed by atoms with Crippen molar-refractivity contribution in [2.75, 3.05) is 20.3 Å². The van der Waals surface area contributed by atoms with Crippen LogP contribution in [0.3, 0.4) is 0 Å². The van der Waals surface area contributed by atoms with Crippen LogP contribution in [-0.4, -0.2) is 26.0 Å². The van der Waals surface area contributed by atoms with E-state index in [0.717, 1.165) is 11.3 Å². The molecule has 0 atom stereocenters. The van der Waals surface area contributed by atoms with Gasteiger partial charge in [-0.2, -0.15) is 0 Å². The van der Waals surface area contributed by atoms with Gasteiger partial charge < -0.3 is 9.57 Å². The summed E-state index contributed by atoms with van der Waals surface area (Å²) in [5.74, 6) is 0. The molecule has 0 heterocycles. The van der Waals surface area contributed by atoms with Crippen molar-refractivity contribution in [3.05, 3.63) is 35.4 Å². The summed E-state index contributed by atoms with van der Waals surface area (Å²) < 4.78 is 5.07. The molecular weight excluding hydrogens is 190 g/mol. The molecule has 0 bridgehead atoms. The van der Waals surface area contributed by atoms with Gasteiger partial charge in [0, 0.05) is 12.7 Å². The molecule has 3 nitrogen and oxygen atoms in total. The largest absolute Gasteiger partial charge is 0.396 e. The van der Waals surface area contributed by atoms with Crippen molar-refractivity contribution in [1.82, 2.24) is 0 Å². The molecule has 82 valence electrons. The standard InChI is InChI=1S/C12H17NO2/c1-4-15-13-12(9-14-3)11-7-5-10(2)6-8-11/h5-8H,4,9H2,1-3H3/b13-12+. The second-order valence-corrected chi connectivity index (χ2v) is 3.25. The molecule has 0 aliphatic heterocycles. The molecule has 0 aliphatic rings. The van der Waals surface area contributed by atoms with Gasteiger partial charge in [-0.25, -0.2) is 0 Å². The summed E-state index contributed by atoms with van der Waals surface area (Å²) in [4.78, 5) is 5.04. The van der Waals surface area contributed by atoms with Crippen molar-refractivity contribution in [2.24, 2.45) is 5.16 Å². The first-order valence-electron chi connectivity index (χ1n) is 5.02. The number of rotatable bonds is 5. The van der Waals surface area contributed by atoms with E-state index in [1.807, 2.05) is 31.2 Å². The number of hydrogen-bond donors (Lipinski definition) is 0. The zero-order chi connectivity index (χ0) is 11.1. The van der Waals surface area contributed by atoms with E-state index in [1.165, 1.54) is 5.56 Å². The average Bonchev–Trinajstić information content (AvgIpc) is 2.25. The molecule has 1 aromatic rings. The summed E-state index contributed by atoms with van der Waals surface area (Å²) >= 11 is 0. The molecule has 0 saturated heterocycles. The van der Waals surface area contributed by atoms with Crippen LogP contribution in [0.25, 0.3) is 0 Å². The highest BCUT2D eigenvalue weighted by Gasteiger charge is 2.03. The third-order valence-corrected chi connectivity index (χ3v) is 1.97. The molecule has 0 unspecified atom stereocenters. The summed E-state index contributed by atoms with van der Waals surface area (Å²) in [6.07, 6.45) is 0. The molecule has 0 spiro atoms. The van der Waals surface area contributed by atoms with Gasteiger partial charge in [0.15, 0.2) is 0 Å². The lowest BCUT2D eigenvalue weighted by molar-refractivity contribution is 0.154. The number of nitrogens with zero attached hydrogens (tertiary/aromatic N) is 1. The van der Waals surface area contributed by atoms with Crippen LogP contribution in [0.5, 0.6) is 0 Å². The minimum atomic E-state index is 0.461. The second kappa shape index (κ2) is 6.19. The van der Waals surface area contributed by atoms with Crippen LogP contribution in [0.2, 0.25) is 0 Å². The summed E-state index contributed by atoms with van der Waals surface area (Å²) in [6.45, 7) is 4.99. The maximum absolute atomic E-state index is 5.07. The topological polar surface area (TPSA) is 30.8 Å². The molecule has 0 aromatic heterocycles. The highest BCUT2D eigenvalue weighted by molar-refractivity contribution is 6.01. The quantitative estimate of drug-likeness (QED) is 0.548. The van der Waals surface area contributed by atoms with Crippen LogP contribution >= 0.6 is 0 Å². The molecule has 0 N–H and O–H groups in total. The van der Waals surface area contributed by atoms with Gasteiger partial charge in [-0.05, 0) is 13.8 Å². The monoisotopic (exact) mass is 207 g/mol. The zero-order valence-electron chi connectivity index (χ0n) is 9.49. The fraction of sp³-hybridized carbons (Fsp3) is 0.417. The van der Waals surface area contributed by atoms with Crippen LogP contribution in [0.1, 0.15) is 18.1 Å². The molecular formula is C12H17NO2. The first-order valence-corrected chi connectivity index (χ1v) is 5.02. The lowest BCUT2D eigenvalue weighted by Gasteiger charge is -2.05. The number of aryl methyl sites for hydroxylation is 1. The van der Waals surface area contributed by atoms with Crippen molar-refractivity contribution in [1.29, 1.82) is 0 Å². The minimum absolute atomic E-state index is 0.461. The van der Waals surface area contributed by atoms with Crippen molar-refractivity contribution < 1.29 is 9.57 Å². The first-order chi connectivity index (χ1) is 7.27. The van der Waals surface area contributed by atoms with Gasteiger partial charge in [-0.3, -0.25) is 0 Å². The first kappa shape index (κ1) is 11.7. The molecule has 0 fully saturated rings. The molecule has 0 amide bonds. The number of hydrogen-bond acceptors (Lipinski definition) is 3. The Morgan fingerprint density at radius 3 is 2.47 bits per heavy atom. The Kier molecular flexibility index (Phi) is 4.84. The van der Waals surface area contributed by atoms with E-state index in [0.29, 0.717) is 13.2 Å². The van der Waals surface area contributed by atoms with E-state index >= 15 is 0 Å². The van der Waals surface area contributed by atoms with Crippen molar-refractivity contribution in [3.8, 4) is 0 Å². The fourth-order valence-corrected chi connectivity index (χ4v) is 1.19. The maximum atomic E-state index is 5.07. The highest BCUT2D eigenvalue weighted by Crippen LogP contribution is 2.05. The van der Waals surface area contributed by atoms with Crippen LogP contribution in [0, 0.1) is 6.92 Å². The van der Waals surface area contributed by atoms with Crippen molar-refractivity contribution >= 4 is 5.71 Å². The van der Waals surface area contributed by atoms with Gasteiger partial charge in [0.1, 0.15) is 12.3 Å². The summed E-state index contributed by atoms with van der Waals surface area (Å²) in [7, 11) is 1.65. The van der Waals surface area contributed by atoms with E-state index in [9.17, 15) is 0 Å². The molecule has 1 rings (SSSR count). The highest BCUT2D eigenvalue weighted by atomic mass is 16.6. The predicted octanol–water partition coefficient (Wildman–Crippen LogP) is 2.38. The third kappa shape index (κ3) is 3.72. The number of ether oxygens (including phenoxy) is 1. The van der Waals surface area contributed by atoms with Gasteiger partial charge in [-0.15, -0.1) is 0 Å². The van der Waals surface area contributed by atoms with E-state index in [2.05, 4.69) is 12.1 Å². The normalized spacial score (nSPS) is 11.5. The Morgan fingerprint density at radius 1 is 1.27 bits per heavy atom. The molecule has 3 heteroatoms. The third-order valence-electron chi connectivity index (χ3n) is 1.97.